The average molecular weight is 380 g/mol. The third-order valence-electron chi connectivity index (χ3n) is 3.31. The fraction of sp³-hybridized carbons (Fsp3) is 0.222. The maximum absolute atomic E-state index is 12.0. The molecule has 0 atom stereocenters. The molecule has 2 rings (SSSR count). The zero-order valence-corrected chi connectivity index (χ0v) is 15.4. The predicted octanol–water partition coefficient (Wildman–Crippen LogP) is 4.64. The summed E-state index contributed by atoms with van der Waals surface area (Å²) in [4.78, 5) is 23.7. The first kappa shape index (κ1) is 19.1. The number of carbonyl (C=O) groups excluding carboxylic acids is 2. The maximum Gasteiger partial charge on any atom is 0.243 e. The van der Waals surface area contributed by atoms with Crippen LogP contribution >= 0.6 is 23.2 Å². The number of anilines is 3. The molecule has 0 aliphatic heterocycles. The molecule has 0 aliphatic rings. The van der Waals surface area contributed by atoms with Gasteiger partial charge in [-0.25, -0.2) is 0 Å². The minimum Gasteiger partial charge on any atom is -0.376 e. The van der Waals surface area contributed by atoms with Crippen LogP contribution in [-0.2, 0) is 9.59 Å². The van der Waals surface area contributed by atoms with Crippen molar-refractivity contribution in [1.82, 2.24) is 0 Å². The lowest BCUT2D eigenvalue weighted by Crippen LogP contribution is -2.22. The maximum atomic E-state index is 12.0. The van der Waals surface area contributed by atoms with Crippen molar-refractivity contribution < 1.29 is 9.59 Å². The normalized spacial score (nSPS) is 10.4. The van der Waals surface area contributed by atoms with Gasteiger partial charge in [-0.1, -0.05) is 43.1 Å². The molecule has 5 nitrogen and oxygen atoms in total. The van der Waals surface area contributed by atoms with Crippen molar-refractivity contribution >= 4 is 52.1 Å². The second kappa shape index (κ2) is 8.74. The van der Waals surface area contributed by atoms with E-state index in [1.165, 1.54) is 0 Å². The second-order valence-electron chi connectivity index (χ2n) is 5.76. The van der Waals surface area contributed by atoms with Gasteiger partial charge < -0.3 is 16.0 Å². The molecule has 25 heavy (non-hydrogen) atoms. The van der Waals surface area contributed by atoms with E-state index in [-0.39, 0.29) is 24.3 Å². The highest BCUT2D eigenvalue weighted by Crippen LogP contribution is 2.25. The van der Waals surface area contributed by atoms with E-state index in [9.17, 15) is 9.59 Å². The SMILES string of the molecule is CC(C)C(=O)Nc1cccc(NCC(=O)Nc2ccc(Cl)c(Cl)c2)c1. The molecule has 0 bridgehead atoms. The molecule has 0 aliphatic carbocycles. The van der Waals surface area contributed by atoms with Crippen LogP contribution in [-0.4, -0.2) is 18.4 Å². The third-order valence-corrected chi connectivity index (χ3v) is 4.05. The summed E-state index contributed by atoms with van der Waals surface area (Å²) in [6.45, 7) is 3.72. The highest BCUT2D eigenvalue weighted by molar-refractivity contribution is 6.42. The van der Waals surface area contributed by atoms with Gasteiger partial charge >= 0.3 is 0 Å². The first-order chi connectivity index (χ1) is 11.8. The van der Waals surface area contributed by atoms with Gasteiger partial charge in [-0.05, 0) is 36.4 Å². The summed E-state index contributed by atoms with van der Waals surface area (Å²) in [6.07, 6.45) is 0. The molecular weight excluding hydrogens is 361 g/mol. The lowest BCUT2D eigenvalue weighted by atomic mass is 10.2. The van der Waals surface area contributed by atoms with Crippen LogP contribution in [0.25, 0.3) is 0 Å². The molecule has 2 amide bonds. The second-order valence-corrected chi connectivity index (χ2v) is 6.57. The fourth-order valence-corrected chi connectivity index (χ4v) is 2.25. The molecule has 0 unspecified atom stereocenters. The standard InChI is InChI=1S/C18H19Cl2N3O2/c1-11(2)18(25)23-13-5-3-4-12(8-13)21-10-17(24)22-14-6-7-15(19)16(20)9-14/h3-9,11,21H,10H2,1-2H3,(H,22,24)(H,23,25). The van der Waals surface area contributed by atoms with Gasteiger partial charge in [-0.2, -0.15) is 0 Å². The molecule has 0 aromatic heterocycles. The highest BCUT2D eigenvalue weighted by atomic mass is 35.5. The van der Waals surface area contributed by atoms with Gasteiger partial charge in [0, 0.05) is 23.0 Å². The van der Waals surface area contributed by atoms with Crippen LogP contribution in [0.15, 0.2) is 42.5 Å². The zero-order valence-electron chi connectivity index (χ0n) is 13.9. The average Bonchev–Trinajstić information content (AvgIpc) is 2.56. The van der Waals surface area contributed by atoms with Crippen LogP contribution in [0, 0.1) is 5.92 Å². The van der Waals surface area contributed by atoms with Gasteiger partial charge in [-0.15, -0.1) is 0 Å². The summed E-state index contributed by atoms with van der Waals surface area (Å²) in [7, 11) is 0. The quantitative estimate of drug-likeness (QED) is 0.684. The number of rotatable bonds is 6. The van der Waals surface area contributed by atoms with Crippen molar-refractivity contribution in [2.75, 3.05) is 22.5 Å². The van der Waals surface area contributed by atoms with Crippen molar-refractivity contribution in [3.05, 3.63) is 52.5 Å². The summed E-state index contributed by atoms with van der Waals surface area (Å²) < 4.78 is 0. The van der Waals surface area contributed by atoms with E-state index in [0.717, 1.165) is 5.69 Å². The Hall–Kier alpha value is -2.24. The highest BCUT2D eigenvalue weighted by Gasteiger charge is 2.08. The van der Waals surface area contributed by atoms with Crippen LogP contribution in [0.4, 0.5) is 17.1 Å². The Morgan fingerprint density at radius 1 is 0.920 bits per heavy atom. The number of hydrogen-bond donors (Lipinski definition) is 3. The Morgan fingerprint density at radius 2 is 1.60 bits per heavy atom. The lowest BCUT2D eigenvalue weighted by Gasteiger charge is -2.11. The van der Waals surface area contributed by atoms with Gasteiger partial charge in [0.25, 0.3) is 0 Å². The van der Waals surface area contributed by atoms with Crippen molar-refractivity contribution in [3.8, 4) is 0 Å². The van der Waals surface area contributed by atoms with Crippen LogP contribution < -0.4 is 16.0 Å². The Kier molecular flexibility index (Phi) is 6.67. The summed E-state index contributed by atoms with van der Waals surface area (Å²) in [5.41, 5.74) is 1.97. The minimum atomic E-state index is -0.227. The Bertz CT molecular complexity index is 779. The van der Waals surface area contributed by atoms with E-state index in [1.807, 2.05) is 19.9 Å². The van der Waals surface area contributed by atoms with E-state index >= 15 is 0 Å². The van der Waals surface area contributed by atoms with Crippen molar-refractivity contribution in [1.29, 1.82) is 0 Å². The van der Waals surface area contributed by atoms with Gasteiger partial charge in [-0.3, -0.25) is 9.59 Å². The molecule has 132 valence electrons. The number of carbonyl (C=O) groups is 2. The van der Waals surface area contributed by atoms with Crippen LogP contribution in [0.2, 0.25) is 10.0 Å². The molecule has 0 spiro atoms. The van der Waals surface area contributed by atoms with E-state index < -0.39 is 0 Å². The summed E-state index contributed by atoms with van der Waals surface area (Å²) in [6, 6.07) is 12.1. The summed E-state index contributed by atoms with van der Waals surface area (Å²) in [5, 5.41) is 9.36. The first-order valence-corrected chi connectivity index (χ1v) is 8.50. The number of benzene rings is 2. The topological polar surface area (TPSA) is 70.2 Å². The summed E-state index contributed by atoms with van der Waals surface area (Å²) in [5.74, 6) is -0.391. The van der Waals surface area contributed by atoms with E-state index in [2.05, 4.69) is 16.0 Å². The molecule has 3 N–H and O–H groups in total. The predicted molar refractivity (Wildman–Crippen MR) is 103 cm³/mol. The van der Waals surface area contributed by atoms with Crippen molar-refractivity contribution in [3.63, 3.8) is 0 Å². The smallest absolute Gasteiger partial charge is 0.243 e. The largest absolute Gasteiger partial charge is 0.376 e. The van der Waals surface area contributed by atoms with Gasteiger partial charge in [0.2, 0.25) is 11.8 Å². The molecule has 0 saturated carbocycles. The Labute approximate surface area is 156 Å². The van der Waals surface area contributed by atoms with Gasteiger partial charge in [0.05, 0.1) is 16.6 Å². The fourth-order valence-electron chi connectivity index (χ4n) is 1.95. The van der Waals surface area contributed by atoms with E-state index in [1.54, 1.807) is 36.4 Å². The lowest BCUT2D eigenvalue weighted by molar-refractivity contribution is -0.119. The Balaban J connectivity index is 1.91. The van der Waals surface area contributed by atoms with Crippen molar-refractivity contribution in [2.24, 2.45) is 5.92 Å². The molecule has 2 aromatic rings. The molecule has 7 heteroatoms. The molecular formula is C18H19Cl2N3O2. The minimum absolute atomic E-state index is 0.0606. The van der Waals surface area contributed by atoms with E-state index in [4.69, 9.17) is 23.2 Å². The van der Waals surface area contributed by atoms with Crippen molar-refractivity contribution in [2.45, 2.75) is 13.8 Å². The van der Waals surface area contributed by atoms with Crippen LogP contribution in [0.5, 0.6) is 0 Å². The first-order valence-electron chi connectivity index (χ1n) is 7.75. The monoisotopic (exact) mass is 379 g/mol. The molecule has 0 saturated heterocycles. The number of nitrogens with one attached hydrogen (secondary N) is 3. The van der Waals surface area contributed by atoms with Crippen LogP contribution in [0.1, 0.15) is 13.8 Å². The van der Waals surface area contributed by atoms with E-state index in [0.29, 0.717) is 21.4 Å². The number of hydrogen-bond acceptors (Lipinski definition) is 3. The molecule has 0 heterocycles. The Morgan fingerprint density at radius 3 is 2.28 bits per heavy atom. The molecule has 0 fully saturated rings. The number of halogens is 2. The van der Waals surface area contributed by atoms with Gasteiger partial charge in [0.1, 0.15) is 0 Å². The van der Waals surface area contributed by atoms with Crippen LogP contribution in [0.3, 0.4) is 0 Å². The molecule has 2 aromatic carbocycles. The third kappa shape index (κ3) is 5.96. The van der Waals surface area contributed by atoms with Gasteiger partial charge in [0.15, 0.2) is 0 Å². The summed E-state index contributed by atoms with van der Waals surface area (Å²) >= 11 is 11.8. The number of amides is 2. The zero-order chi connectivity index (χ0) is 18.4. The molecule has 0 radical (unpaired) electrons.